The second kappa shape index (κ2) is 5.16. The lowest BCUT2D eigenvalue weighted by Crippen LogP contribution is -2.08. The number of aryl methyl sites for hydroxylation is 1. The molecule has 0 N–H and O–H groups in total. The van der Waals surface area contributed by atoms with Gasteiger partial charge in [0.15, 0.2) is 0 Å². The fraction of sp³-hybridized carbons (Fsp3) is 0.571. The van der Waals surface area contributed by atoms with E-state index in [0.717, 1.165) is 30.5 Å². The zero-order valence-corrected chi connectivity index (χ0v) is 10.3. The van der Waals surface area contributed by atoms with Crippen LogP contribution in [0.3, 0.4) is 0 Å². The second-order valence-electron chi connectivity index (χ2n) is 4.86. The molecule has 2 fully saturated rings. The van der Waals surface area contributed by atoms with E-state index in [1.807, 2.05) is 12.1 Å². The first-order chi connectivity index (χ1) is 8.84. The standard InChI is InChI=1S/C14H17NO3/c16-12(10-3-4-10)6-5-11-2-1-7-15-13(11)14-17-8-9-18-14/h1-2,7,10,14H,3-6,8-9H2. The molecule has 0 aromatic carbocycles. The van der Waals surface area contributed by atoms with Crippen LogP contribution in [0.15, 0.2) is 18.3 Å². The fourth-order valence-corrected chi connectivity index (χ4v) is 2.26. The Kier molecular flexibility index (Phi) is 3.39. The lowest BCUT2D eigenvalue weighted by molar-refractivity contribution is -0.120. The highest BCUT2D eigenvalue weighted by molar-refractivity contribution is 5.83. The van der Waals surface area contributed by atoms with Gasteiger partial charge in [0.25, 0.3) is 0 Å². The summed E-state index contributed by atoms with van der Waals surface area (Å²) in [4.78, 5) is 16.1. The third-order valence-electron chi connectivity index (χ3n) is 3.44. The Bertz CT molecular complexity index is 436. The predicted octanol–water partition coefficient (Wildman–Crippen LogP) is 2.04. The molecule has 0 spiro atoms. The molecule has 0 amide bonds. The van der Waals surface area contributed by atoms with Gasteiger partial charge < -0.3 is 9.47 Å². The Hall–Kier alpha value is -1.26. The van der Waals surface area contributed by atoms with Gasteiger partial charge >= 0.3 is 0 Å². The quantitative estimate of drug-likeness (QED) is 0.799. The molecule has 96 valence electrons. The molecule has 1 aliphatic heterocycles. The molecule has 0 bridgehead atoms. The van der Waals surface area contributed by atoms with E-state index in [2.05, 4.69) is 4.98 Å². The van der Waals surface area contributed by atoms with Gasteiger partial charge in [-0.1, -0.05) is 6.07 Å². The van der Waals surface area contributed by atoms with E-state index in [0.29, 0.717) is 31.3 Å². The first-order valence-electron chi connectivity index (χ1n) is 6.54. The minimum atomic E-state index is -0.350. The Morgan fingerprint density at radius 1 is 1.33 bits per heavy atom. The average Bonchev–Trinajstić information content (AvgIpc) is 3.12. The molecule has 3 rings (SSSR count). The minimum absolute atomic E-state index is 0.337. The number of pyridine rings is 1. The molecule has 0 radical (unpaired) electrons. The van der Waals surface area contributed by atoms with Gasteiger partial charge in [0, 0.05) is 18.5 Å². The maximum Gasteiger partial charge on any atom is 0.201 e. The van der Waals surface area contributed by atoms with Crippen LogP contribution in [0.25, 0.3) is 0 Å². The van der Waals surface area contributed by atoms with Crippen molar-refractivity contribution in [2.24, 2.45) is 5.92 Å². The summed E-state index contributed by atoms with van der Waals surface area (Å²) < 4.78 is 11.0. The maximum atomic E-state index is 11.7. The van der Waals surface area contributed by atoms with E-state index in [1.54, 1.807) is 6.20 Å². The summed E-state index contributed by atoms with van der Waals surface area (Å²) in [5, 5.41) is 0. The SMILES string of the molecule is O=C(CCc1cccnc1C1OCCO1)C1CC1. The smallest absolute Gasteiger partial charge is 0.201 e. The maximum absolute atomic E-state index is 11.7. The molecule has 0 atom stereocenters. The van der Waals surface area contributed by atoms with Crippen molar-refractivity contribution in [3.8, 4) is 0 Å². The molecule has 1 aromatic heterocycles. The average molecular weight is 247 g/mol. The summed E-state index contributed by atoms with van der Waals surface area (Å²) in [5.74, 6) is 0.724. The van der Waals surface area contributed by atoms with Crippen LogP contribution in [-0.4, -0.2) is 24.0 Å². The molecule has 1 aliphatic carbocycles. The van der Waals surface area contributed by atoms with Crippen LogP contribution in [0.4, 0.5) is 0 Å². The van der Waals surface area contributed by atoms with Crippen molar-refractivity contribution in [3.63, 3.8) is 0 Å². The third kappa shape index (κ3) is 2.60. The molecule has 0 unspecified atom stereocenters. The number of carbonyl (C=O) groups is 1. The molecule has 4 nitrogen and oxygen atoms in total. The van der Waals surface area contributed by atoms with E-state index in [4.69, 9.17) is 9.47 Å². The Labute approximate surface area is 106 Å². The Balaban J connectivity index is 1.68. The minimum Gasteiger partial charge on any atom is -0.345 e. The molecular formula is C14H17NO3. The van der Waals surface area contributed by atoms with Crippen molar-refractivity contribution >= 4 is 5.78 Å². The number of aromatic nitrogens is 1. The number of ketones is 1. The summed E-state index contributed by atoms with van der Waals surface area (Å²) in [7, 11) is 0. The van der Waals surface area contributed by atoms with Crippen LogP contribution in [0.1, 0.15) is 36.8 Å². The van der Waals surface area contributed by atoms with Gasteiger partial charge in [-0.2, -0.15) is 0 Å². The van der Waals surface area contributed by atoms with E-state index < -0.39 is 0 Å². The first kappa shape index (κ1) is 11.8. The van der Waals surface area contributed by atoms with E-state index >= 15 is 0 Å². The van der Waals surface area contributed by atoms with E-state index in [9.17, 15) is 4.79 Å². The number of nitrogens with zero attached hydrogens (tertiary/aromatic N) is 1. The molecule has 1 aromatic rings. The topological polar surface area (TPSA) is 48.4 Å². The van der Waals surface area contributed by atoms with Gasteiger partial charge in [-0.05, 0) is 30.9 Å². The Morgan fingerprint density at radius 3 is 2.83 bits per heavy atom. The number of hydrogen-bond acceptors (Lipinski definition) is 4. The molecule has 18 heavy (non-hydrogen) atoms. The second-order valence-corrected chi connectivity index (χ2v) is 4.86. The zero-order chi connectivity index (χ0) is 12.4. The molecule has 4 heteroatoms. The number of rotatable bonds is 5. The predicted molar refractivity (Wildman–Crippen MR) is 64.9 cm³/mol. The van der Waals surface area contributed by atoms with Crippen LogP contribution in [0, 0.1) is 5.92 Å². The zero-order valence-electron chi connectivity index (χ0n) is 10.3. The number of hydrogen-bond donors (Lipinski definition) is 0. The lowest BCUT2D eigenvalue weighted by atomic mass is 10.0. The summed E-state index contributed by atoms with van der Waals surface area (Å²) in [6.07, 6.45) is 4.89. The van der Waals surface area contributed by atoms with Gasteiger partial charge in [0.1, 0.15) is 5.78 Å². The monoisotopic (exact) mass is 247 g/mol. The lowest BCUT2D eigenvalue weighted by Gasteiger charge is -2.12. The highest BCUT2D eigenvalue weighted by Gasteiger charge is 2.29. The normalized spacial score (nSPS) is 20.2. The number of carbonyl (C=O) groups excluding carboxylic acids is 1. The summed E-state index contributed by atoms with van der Waals surface area (Å²) in [6, 6.07) is 3.91. The van der Waals surface area contributed by atoms with Gasteiger partial charge in [-0.3, -0.25) is 9.78 Å². The van der Waals surface area contributed by atoms with Gasteiger partial charge in [0.2, 0.25) is 6.29 Å². The van der Waals surface area contributed by atoms with Gasteiger partial charge in [-0.15, -0.1) is 0 Å². The van der Waals surface area contributed by atoms with Crippen LogP contribution in [-0.2, 0) is 20.7 Å². The molecule has 2 heterocycles. The molecular weight excluding hydrogens is 230 g/mol. The van der Waals surface area contributed by atoms with Crippen molar-refractivity contribution in [3.05, 3.63) is 29.6 Å². The highest BCUT2D eigenvalue weighted by atomic mass is 16.7. The Morgan fingerprint density at radius 2 is 2.11 bits per heavy atom. The largest absolute Gasteiger partial charge is 0.345 e. The van der Waals surface area contributed by atoms with Gasteiger partial charge in [0.05, 0.1) is 18.9 Å². The fourth-order valence-electron chi connectivity index (χ4n) is 2.26. The van der Waals surface area contributed by atoms with Crippen molar-refractivity contribution in [2.45, 2.75) is 32.0 Å². The van der Waals surface area contributed by atoms with Crippen LogP contribution in [0.5, 0.6) is 0 Å². The van der Waals surface area contributed by atoms with Crippen molar-refractivity contribution in [2.75, 3.05) is 13.2 Å². The highest BCUT2D eigenvalue weighted by Crippen LogP contribution is 2.32. The summed E-state index contributed by atoms with van der Waals surface area (Å²) in [5.41, 5.74) is 1.90. The number of ether oxygens (including phenoxy) is 2. The van der Waals surface area contributed by atoms with Crippen LogP contribution >= 0.6 is 0 Å². The van der Waals surface area contributed by atoms with Crippen LogP contribution < -0.4 is 0 Å². The number of Topliss-reactive ketones (excluding diaryl/α,β-unsaturated/α-hetero) is 1. The first-order valence-corrected chi connectivity index (χ1v) is 6.54. The summed E-state index contributed by atoms with van der Waals surface area (Å²) in [6.45, 7) is 1.23. The van der Waals surface area contributed by atoms with Crippen LogP contribution in [0.2, 0.25) is 0 Å². The van der Waals surface area contributed by atoms with E-state index in [1.165, 1.54) is 0 Å². The van der Waals surface area contributed by atoms with E-state index in [-0.39, 0.29) is 6.29 Å². The van der Waals surface area contributed by atoms with Crippen molar-refractivity contribution in [1.82, 2.24) is 4.98 Å². The molecule has 1 saturated heterocycles. The molecule has 2 aliphatic rings. The molecule has 1 saturated carbocycles. The third-order valence-corrected chi connectivity index (χ3v) is 3.44. The van der Waals surface area contributed by atoms with Gasteiger partial charge in [-0.25, -0.2) is 0 Å². The van der Waals surface area contributed by atoms with Crippen molar-refractivity contribution < 1.29 is 14.3 Å². The van der Waals surface area contributed by atoms with Crippen molar-refractivity contribution in [1.29, 1.82) is 0 Å². The summed E-state index contributed by atoms with van der Waals surface area (Å²) >= 11 is 0.